The van der Waals surface area contributed by atoms with E-state index in [-0.39, 0.29) is 0 Å². The second-order valence-corrected chi connectivity index (χ2v) is 10.1. The summed E-state index contributed by atoms with van der Waals surface area (Å²) in [6.45, 7) is 4.47. The summed E-state index contributed by atoms with van der Waals surface area (Å²) in [5.74, 6) is -0.475. The van der Waals surface area contributed by atoms with E-state index >= 15 is 0 Å². The van der Waals surface area contributed by atoms with Crippen LogP contribution < -0.4 is 4.80 Å². The van der Waals surface area contributed by atoms with Gasteiger partial charge in [-0.2, -0.15) is 9.30 Å². The molecule has 2 aromatic rings. The van der Waals surface area contributed by atoms with Gasteiger partial charge in [0.15, 0.2) is 4.80 Å². The molecule has 1 aliphatic heterocycles. The monoisotopic (exact) mass is 447 g/mol. The van der Waals surface area contributed by atoms with Crippen LogP contribution in [0.5, 0.6) is 0 Å². The van der Waals surface area contributed by atoms with Crippen molar-refractivity contribution in [3.8, 4) is 0 Å². The summed E-state index contributed by atoms with van der Waals surface area (Å²) in [7, 11) is -3.48. The Morgan fingerprint density at radius 1 is 1.37 bits per heavy atom. The number of hydrogen-bond acceptors (Lipinski definition) is 4. The number of nitrogens with zero attached hydrogens (tertiary/aromatic N) is 3. The molecule has 1 aliphatic rings. The molecule has 0 spiro atoms. The van der Waals surface area contributed by atoms with Gasteiger partial charge in [0.05, 0.1) is 26.5 Å². The Morgan fingerprint density at radius 3 is 2.74 bits per heavy atom. The second kappa shape index (κ2) is 8.05. The van der Waals surface area contributed by atoms with Gasteiger partial charge in [-0.15, -0.1) is 6.58 Å². The molecule has 0 radical (unpaired) electrons. The number of rotatable bonds is 4. The Balaban J connectivity index is 2.13. The van der Waals surface area contributed by atoms with Crippen LogP contribution in [0.1, 0.15) is 19.3 Å². The minimum absolute atomic E-state index is 0.335. The number of fused-ring (bicyclic) bond motifs is 1. The van der Waals surface area contributed by atoms with Crippen molar-refractivity contribution in [3.63, 3.8) is 0 Å². The van der Waals surface area contributed by atoms with E-state index in [2.05, 4.69) is 11.6 Å². The van der Waals surface area contributed by atoms with Gasteiger partial charge in [-0.1, -0.05) is 47.0 Å². The molecule has 1 amide bonds. The Kier molecular flexibility index (Phi) is 6.12. The first-order valence-corrected chi connectivity index (χ1v) is 11.8. The van der Waals surface area contributed by atoms with Crippen LogP contribution in [0.3, 0.4) is 0 Å². The number of allylic oxidation sites excluding steroid dienone is 1. The molecular weight excluding hydrogens is 429 g/mol. The van der Waals surface area contributed by atoms with Gasteiger partial charge in [0, 0.05) is 13.1 Å². The highest BCUT2D eigenvalue weighted by molar-refractivity contribution is 7.88. The van der Waals surface area contributed by atoms with Gasteiger partial charge in [-0.05, 0) is 25.0 Å². The molecule has 1 saturated heterocycles. The summed E-state index contributed by atoms with van der Waals surface area (Å²) in [5, 5.41) is 1.01. The zero-order valence-corrected chi connectivity index (χ0v) is 17.8. The number of hydrogen-bond donors (Lipinski definition) is 0. The Bertz CT molecular complexity index is 1070. The van der Waals surface area contributed by atoms with E-state index in [0.29, 0.717) is 39.9 Å². The summed E-state index contributed by atoms with van der Waals surface area (Å²) in [5.41, 5.74) is 0.684. The van der Waals surface area contributed by atoms with Crippen LogP contribution in [-0.2, 0) is 21.4 Å². The number of piperidine rings is 1. The molecule has 10 heteroatoms. The molecule has 1 atom stereocenters. The third-order valence-electron chi connectivity index (χ3n) is 4.41. The van der Waals surface area contributed by atoms with E-state index in [9.17, 15) is 13.2 Å². The lowest BCUT2D eigenvalue weighted by molar-refractivity contribution is -0.122. The first kappa shape index (κ1) is 20.5. The van der Waals surface area contributed by atoms with Gasteiger partial charge in [0.1, 0.15) is 6.04 Å². The van der Waals surface area contributed by atoms with E-state index in [1.807, 2.05) is 0 Å². The number of benzene rings is 1. The fraction of sp³-hybridized carbons (Fsp3) is 0.412. The summed E-state index contributed by atoms with van der Waals surface area (Å²) in [6, 6.07) is 2.61. The standard InChI is InChI=1S/C17H19Cl2N3O3S2/c1-3-9-21-14-11(18)7-8-12(19)15(14)26-17(21)20-16(23)13-6-4-5-10-22(13)27(2,24)25/h3,7-8,13H,1,4-6,9-10H2,2H3. The number of thiazole rings is 1. The lowest BCUT2D eigenvalue weighted by atomic mass is 10.0. The molecule has 1 fully saturated rings. The maximum atomic E-state index is 12.9. The number of halogens is 2. The fourth-order valence-corrected chi connectivity index (χ4v) is 5.99. The summed E-state index contributed by atoms with van der Waals surface area (Å²) in [6.07, 6.45) is 4.78. The van der Waals surface area contributed by atoms with E-state index in [4.69, 9.17) is 23.2 Å². The van der Waals surface area contributed by atoms with Crippen molar-refractivity contribution in [2.24, 2.45) is 4.99 Å². The molecule has 2 heterocycles. The fourth-order valence-electron chi connectivity index (χ4n) is 3.21. The lowest BCUT2D eigenvalue weighted by Gasteiger charge is -2.31. The molecule has 1 aromatic carbocycles. The number of amides is 1. The third kappa shape index (κ3) is 4.14. The molecular formula is C17H19Cl2N3O3S2. The first-order valence-electron chi connectivity index (χ1n) is 8.37. The van der Waals surface area contributed by atoms with Gasteiger partial charge in [0.25, 0.3) is 5.91 Å². The summed E-state index contributed by atoms with van der Waals surface area (Å²) in [4.78, 5) is 17.5. The van der Waals surface area contributed by atoms with Gasteiger partial charge in [-0.25, -0.2) is 8.42 Å². The first-order chi connectivity index (χ1) is 12.7. The average Bonchev–Trinajstić information content (AvgIpc) is 2.97. The lowest BCUT2D eigenvalue weighted by Crippen LogP contribution is -2.47. The Morgan fingerprint density at radius 2 is 2.07 bits per heavy atom. The van der Waals surface area contributed by atoms with Crippen LogP contribution in [0.15, 0.2) is 29.8 Å². The summed E-state index contributed by atoms with van der Waals surface area (Å²) < 4.78 is 27.8. The Labute approximate surface area is 171 Å². The maximum absolute atomic E-state index is 12.9. The van der Waals surface area contributed by atoms with E-state index in [0.717, 1.165) is 23.8 Å². The molecule has 0 saturated carbocycles. The quantitative estimate of drug-likeness (QED) is 0.673. The topological polar surface area (TPSA) is 71.7 Å². The number of carbonyl (C=O) groups is 1. The normalized spacial score (nSPS) is 19.5. The summed E-state index contributed by atoms with van der Waals surface area (Å²) >= 11 is 13.9. The maximum Gasteiger partial charge on any atom is 0.266 e. The zero-order chi connectivity index (χ0) is 19.8. The van der Waals surface area contributed by atoms with Crippen LogP contribution in [-0.4, -0.2) is 42.0 Å². The van der Waals surface area contributed by atoms with Crippen molar-refractivity contribution < 1.29 is 13.2 Å². The minimum Gasteiger partial charge on any atom is -0.311 e. The van der Waals surface area contributed by atoms with Crippen LogP contribution in [0.2, 0.25) is 10.0 Å². The minimum atomic E-state index is -3.48. The predicted octanol–water partition coefficient (Wildman–Crippen LogP) is 3.44. The zero-order valence-electron chi connectivity index (χ0n) is 14.7. The van der Waals surface area contributed by atoms with Crippen molar-refractivity contribution in [2.75, 3.05) is 12.8 Å². The number of aromatic nitrogens is 1. The van der Waals surface area contributed by atoms with Crippen molar-refractivity contribution >= 4 is 60.7 Å². The second-order valence-electron chi connectivity index (χ2n) is 6.33. The average molecular weight is 448 g/mol. The largest absolute Gasteiger partial charge is 0.311 e. The molecule has 0 aliphatic carbocycles. The van der Waals surface area contributed by atoms with Crippen LogP contribution in [0, 0.1) is 0 Å². The van der Waals surface area contributed by atoms with E-state index in [1.54, 1.807) is 22.8 Å². The van der Waals surface area contributed by atoms with Crippen molar-refractivity contribution in [2.45, 2.75) is 31.8 Å². The highest BCUT2D eigenvalue weighted by Gasteiger charge is 2.34. The van der Waals surface area contributed by atoms with Gasteiger partial charge >= 0.3 is 0 Å². The SMILES string of the molecule is C=CCn1c(=NC(=O)C2CCCCN2S(C)(=O)=O)sc2c(Cl)ccc(Cl)c21. The van der Waals surface area contributed by atoms with Crippen molar-refractivity contribution in [1.29, 1.82) is 0 Å². The number of sulfonamides is 1. The van der Waals surface area contributed by atoms with Crippen LogP contribution in [0.25, 0.3) is 10.2 Å². The molecule has 1 unspecified atom stereocenters. The molecule has 3 rings (SSSR count). The molecule has 0 N–H and O–H groups in total. The smallest absolute Gasteiger partial charge is 0.266 e. The van der Waals surface area contributed by atoms with Gasteiger partial charge in [-0.3, -0.25) is 4.79 Å². The van der Waals surface area contributed by atoms with E-state index in [1.165, 1.54) is 15.6 Å². The van der Waals surface area contributed by atoms with Crippen molar-refractivity contribution in [3.05, 3.63) is 39.6 Å². The molecule has 27 heavy (non-hydrogen) atoms. The van der Waals surface area contributed by atoms with Crippen molar-refractivity contribution in [1.82, 2.24) is 8.87 Å². The molecule has 6 nitrogen and oxygen atoms in total. The highest BCUT2D eigenvalue weighted by Crippen LogP contribution is 2.32. The van der Waals surface area contributed by atoms with Gasteiger partial charge < -0.3 is 4.57 Å². The molecule has 1 aromatic heterocycles. The van der Waals surface area contributed by atoms with Crippen LogP contribution in [0.4, 0.5) is 0 Å². The number of carbonyl (C=O) groups excluding carboxylic acids is 1. The van der Waals surface area contributed by atoms with Gasteiger partial charge in [0.2, 0.25) is 10.0 Å². The highest BCUT2D eigenvalue weighted by atomic mass is 35.5. The molecule has 0 bridgehead atoms. The van der Waals surface area contributed by atoms with Crippen LogP contribution >= 0.6 is 34.5 Å². The predicted molar refractivity (Wildman–Crippen MR) is 110 cm³/mol. The third-order valence-corrected chi connectivity index (χ3v) is 7.54. The Hall–Kier alpha value is -1.19. The molecule has 146 valence electrons. The van der Waals surface area contributed by atoms with E-state index < -0.39 is 22.0 Å².